The lowest BCUT2D eigenvalue weighted by Crippen LogP contribution is -2.27. The molecule has 27 heavy (non-hydrogen) atoms. The van der Waals surface area contributed by atoms with Gasteiger partial charge in [0.05, 0.1) is 23.4 Å². The zero-order valence-corrected chi connectivity index (χ0v) is 15.1. The summed E-state index contributed by atoms with van der Waals surface area (Å²) in [6.07, 6.45) is 1.35. The topological polar surface area (TPSA) is 73.1 Å². The van der Waals surface area contributed by atoms with Crippen molar-refractivity contribution in [3.8, 4) is 11.4 Å². The third kappa shape index (κ3) is 3.87. The SMILES string of the molecule is COc1cc(-n2cnnn2)c(Cl)cc1C(=O)N(C)Cc1ccc(F)cc1F. The number of nitrogens with zero attached hydrogens (tertiary/aromatic N) is 5. The molecule has 0 radical (unpaired) electrons. The van der Waals surface area contributed by atoms with E-state index in [1.165, 1.54) is 48.3 Å². The van der Waals surface area contributed by atoms with Crippen molar-refractivity contribution in [3.63, 3.8) is 0 Å². The van der Waals surface area contributed by atoms with Gasteiger partial charge in [0.15, 0.2) is 0 Å². The normalized spacial score (nSPS) is 10.7. The van der Waals surface area contributed by atoms with E-state index in [2.05, 4.69) is 15.5 Å². The van der Waals surface area contributed by atoms with Gasteiger partial charge in [-0.05, 0) is 22.6 Å². The number of carbonyl (C=O) groups excluding carboxylic acids is 1. The molecule has 3 aromatic rings. The molecule has 0 N–H and O–H groups in total. The van der Waals surface area contributed by atoms with E-state index in [1.54, 1.807) is 0 Å². The van der Waals surface area contributed by atoms with Gasteiger partial charge in [0.2, 0.25) is 0 Å². The Labute approximate surface area is 158 Å². The van der Waals surface area contributed by atoms with Crippen molar-refractivity contribution in [2.24, 2.45) is 0 Å². The molecule has 0 bridgehead atoms. The first-order valence-electron chi connectivity index (χ1n) is 7.71. The molecule has 3 rings (SSSR count). The first kappa shape index (κ1) is 18.7. The van der Waals surface area contributed by atoms with E-state index >= 15 is 0 Å². The van der Waals surface area contributed by atoms with Crippen LogP contribution < -0.4 is 4.74 Å². The highest BCUT2D eigenvalue weighted by Gasteiger charge is 2.21. The number of methoxy groups -OCH3 is 1. The van der Waals surface area contributed by atoms with Crippen LogP contribution >= 0.6 is 11.6 Å². The van der Waals surface area contributed by atoms with Crippen molar-refractivity contribution in [1.29, 1.82) is 0 Å². The summed E-state index contributed by atoms with van der Waals surface area (Å²) < 4.78 is 33.5. The highest BCUT2D eigenvalue weighted by Crippen LogP contribution is 2.30. The van der Waals surface area contributed by atoms with Gasteiger partial charge in [0.1, 0.15) is 23.7 Å². The standard InChI is InChI=1S/C17H14ClF2N5O2/c1-24(8-10-3-4-11(19)5-14(10)20)17(26)12-6-13(18)15(7-16(12)27-2)25-9-21-22-23-25/h3-7,9H,8H2,1-2H3. The molecule has 1 heterocycles. The van der Waals surface area contributed by atoms with Crippen molar-refractivity contribution in [1.82, 2.24) is 25.1 Å². The van der Waals surface area contributed by atoms with Crippen LogP contribution in [0.15, 0.2) is 36.7 Å². The Morgan fingerprint density at radius 2 is 2.07 bits per heavy atom. The molecule has 0 saturated heterocycles. The lowest BCUT2D eigenvalue weighted by molar-refractivity contribution is 0.0780. The smallest absolute Gasteiger partial charge is 0.257 e. The molecular weight excluding hydrogens is 380 g/mol. The average molecular weight is 394 g/mol. The van der Waals surface area contributed by atoms with E-state index in [9.17, 15) is 13.6 Å². The second-order valence-corrected chi connectivity index (χ2v) is 6.06. The fourth-order valence-corrected chi connectivity index (χ4v) is 2.76. The summed E-state index contributed by atoms with van der Waals surface area (Å²) in [6.45, 7) is -0.0551. The van der Waals surface area contributed by atoms with Gasteiger partial charge in [0, 0.05) is 31.3 Å². The molecule has 140 valence electrons. The quantitative estimate of drug-likeness (QED) is 0.666. The summed E-state index contributed by atoms with van der Waals surface area (Å²) in [4.78, 5) is 14.1. The first-order chi connectivity index (χ1) is 12.9. The average Bonchev–Trinajstić information content (AvgIpc) is 3.17. The van der Waals surface area contributed by atoms with Crippen molar-refractivity contribution in [3.05, 3.63) is 64.4 Å². The first-order valence-corrected chi connectivity index (χ1v) is 8.08. The summed E-state index contributed by atoms with van der Waals surface area (Å²) in [5.74, 6) is -1.60. The molecule has 0 atom stereocenters. The van der Waals surface area contributed by atoms with Gasteiger partial charge in [-0.3, -0.25) is 4.79 Å². The summed E-state index contributed by atoms with van der Waals surface area (Å²) in [5.41, 5.74) is 0.800. The number of aromatic nitrogens is 4. The molecule has 0 aliphatic rings. The van der Waals surface area contributed by atoms with E-state index in [4.69, 9.17) is 16.3 Å². The highest BCUT2D eigenvalue weighted by atomic mass is 35.5. The third-order valence-electron chi connectivity index (χ3n) is 3.86. The molecule has 1 aromatic heterocycles. The second-order valence-electron chi connectivity index (χ2n) is 5.66. The minimum absolute atomic E-state index is 0.0551. The minimum atomic E-state index is -0.728. The predicted molar refractivity (Wildman–Crippen MR) is 92.9 cm³/mol. The lowest BCUT2D eigenvalue weighted by atomic mass is 10.1. The predicted octanol–water partition coefficient (Wildman–Crippen LogP) is 2.87. The Bertz CT molecular complexity index is 982. The van der Waals surface area contributed by atoms with Crippen molar-refractivity contribution in [2.45, 2.75) is 6.54 Å². The van der Waals surface area contributed by atoms with Crippen LogP contribution in [0.4, 0.5) is 8.78 Å². The lowest BCUT2D eigenvalue weighted by Gasteiger charge is -2.20. The van der Waals surface area contributed by atoms with Crippen LogP contribution in [0.5, 0.6) is 5.75 Å². The second kappa shape index (κ2) is 7.67. The van der Waals surface area contributed by atoms with Crippen LogP contribution in [0.3, 0.4) is 0 Å². The maximum Gasteiger partial charge on any atom is 0.257 e. The van der Waals surface area contributed by atoms with Crippen molar-refractivity contribution in [2.75, 3.05) is 14.2 Å². The van der Waals surface area contributed by atoms with E-state index < -0.39 is 17.5 Å². The molecule has 1 amide bonds. The number of hydrogen-bond donors (Lipinski definition) is 0. The number of ether oxygens (including phenoxy) is 1. The zero-order valence-electron chi connectivity index (χ0n) is 14.4. The van der Waals surface area contributed by atoms with E-state index in [0.717, 1.165) is 12.1 Å². The Hall–Kier alpha value is -3.07. The van der Waals surface area contributed by atoms with Crippen LogP contribution in [0.2, 0.25) is 5.02 Å². The van der Waals surface area contributed by atoms with Gasteiger partial charge in [0.25, 0.3) is 5.91 Å². The van der Waals surface area contributed by atoms with Gasteiger partial charge in [-0.15, -0.1) is 5.10 Å². The maximum absolute atomic E-state index is 13.9. The van der Waals surface area contributed by atoms with Gasteiger partial charge < -0.3 is 9.64 Å². The minimum Gasteiger partial charge on any atom is -0.496 e. The monoisotopic (exact) mass is 393 g/mol. The molecule has 2 aromatic carbocycles. The Morgan fingerprint density at radius 1 is 1.30 bits per heavy atom. The number of amides is 1. The van der Waals surface area contributed by atoms with Crippen LogP contribution in [0, 0.1) is 11.6 Å². The summed E-state index contributed by atoms with van der Waals surface area (Å²) in [6, 6.07) is 6.15. The van der Waals surface area contributed by atoms with Gasteiger partial charge in [-0.25, -0.2) is 8.78 Å². The van der Waals surface area contributed by atoms with E-state index in [0.29, 0.717) is 5.69 Å². The number of benzene rings is 2. The molecule has 0 aliphatic heterocycles. The number of hydrogen-bond acceptors (Lipinski definition) is 5. The third-order valence-corrected chi connectivity index (χ3v) is 4.17. The van der Waals surface area contributed by atoms with Crippen molar-refractivity contribution < 1.29 is 18.3 Å². The molecule has 10 heteroatoms. The molecule has 0 spiro atoms. The van der Waals surface area contributed by atoms with Crippen molar-refractivity contribution >= 4 is 17.5 Å². The summed E-state index contributed by atoms with van der Waals surface area (Å²) in [7, 11) is 2.90. The molecule has 0 aliphatic carbocycles. The van der Waals surface area contributed by atoms with Crippen LogP contribution in [0.1, 0.15) is 15.9 Å². The van der Waals surface area contributed by atoms with Gasteiger partial charge in [-0.1, -0.05) is 17.7 Å². The van der Waals surface area contributed by atoms with Crippen LogP contribution in [-0.4, -0.2) is 45.2 Å². The van der Waals surface area contributed by atoms with E-state index in [1.807, 2.05) is 0 Å². The van der Waals surface area contributed by atoms with Gasteiger partial charge in [-0.2, -0.15) is 4.68 Å². The fraction of sp³-hybridized carbons (Fsp3) is 0.176. The fourth-order valence-electron chi connectivity index (χ4n) is 2.51. The summed E-state index contributed by atoms with van der Waals surface area (Å²) >= 11 is 6.26. The molecule has 0 saturated carbocycles. The Kier molecular flexibility index (Phi) is 5.31. The Morgan fingerprint density at radius 3 is 2.70 bits per heavy atom. The number of halogens is 3. The number of rotatable bonds is 5. The zero-order chi connectivity index (χ0) is 19.6. The van der Waals surface area contributed by atoms with Crippen LogP contribution in [-0.2, 0) is 6.54 Å². The molecule has 0 unspecified atom stereocenters. The summed E-state index contributed by atoms with van der Waals surface area (Å²) in [5, 5.41) is 11.1. The largest absolute Gasteiger partial charge is 0.496 e. The number of tetrazole rings is 1. The maximum atomic E-state index is 13.9. The van der Waals surface area contributed by atoms with E-state index in [-0.39, 0.29) is 28.4 Å². The van der Waals surface area contributed by atoms with Crippen LogP contribution in [0.25, 0.3) is 5.69 Å². The highest BCUT2D eigenvalue weighted by molar-refractivity contribution is 6.33. The molecular formula is C17H14ClF2N5O2. The number of carbonyl (C=O) groups is 1. The Balaban J connectivity index is 1.90. The van der Waals surface area contributed by atoms with Gasteiger partial charge >= 0.3 is 0 Å². The molecule has 7 nitrogen and oxygen atoms in total. The molecule has 0 fully saturated rings.